The second-order valence-electron chi connectivity index (χ2n) is 8.51. The number of carbonyl (C=O) groups excluding carboxylic acids is 1. The number of aryl methyl sites for hydroxylation is 2. The summed E-state index contributed by atoms with van der Waals surface area (Å²) in [5, 5.41) is 8.22. The lowest BCUT2D eigenvalue weighted by Gasteiger charge is -2.36. The van der Waals surface area contributed by atoms with Gasteiger partial charge >= 0.3 is 0 Å². The van der Waals surface area contributed by atoms with Crippen LogP contribution in [0.1, 0.15) is 49.9 Å². The Kier molecular flexibility index (Phi) is 7.00. The van der Waals surface area contributed by atoms with E-state index in [1.165, 1.54) is 12.0 Å². The Labute approximate surface area is 179 Å². The van der Waals surface area contributed by atoms with Gasteiger partial charge in [-0.2, -0.15) is 0 Å². The monoisotopic (exact) mass is 411 g/mol. The fourth-order valence-electron chi connectivity index (χ4n) is 4.56. The van der Waals surface area contributed by atoms with Gasteiger partial charge in [-0.1, -0.05) is 12.1 Å². The van der Waals surface area contributed by atoms with E-state index in [4.69, 9.17) is 4.74 Å². The summed E-state index contributed by atoms with van der Waals surface area (Å²) in [5.74, 6) is 2.17. The van der Waals surface area contributed by atoms with Crippen molar-refractivity contribution in [2.45, 2.75) is 57.5 Å². The lowest BCUT2D eigenvalue weighted by Crippen LogP contribution is -2.44. The van der Waals surface area contributed by atoms with E-state index in [1.54, 1.807) is 6.33 Å². The van der Waals surface area contributed by atoms with Gasteiger partial charge in [0.1, 0.15) is 24.5 Å². The van der Waals surface area contributed by atoms with Gasteiger partial charge in [0.25, 0.3) is 0 Å². The lowest BCUT2D eigenvalue weighted by atomic mass is 9.95. The van der Waals surface area contributed by atoms with Crippen molar-refractivity contribution in [3.8, 4) is 5.75 Å². The summed E-state index contributed by atoms with van der Waals surface area (Å²) in [4.78, 5) is 17.5. The maximum absolute atomic E-state index is 13.0. The molecule has 4 rings (SSSR count). The zero-order chi connectivity index (χ0) is 20.8. The Hall–Kier alpha value is -2.41. The maximum Gasteiger partial charge on any atom is 0.222 e. The molecule has 0 radical (unpaired) electrons. The van der Waals surface area contributed by atoms with Gasteiger partial charge in [-0.3, -0.25) is 9.69 Å². The molecule has 0 saturated carbocycles. The summed E-state index contributed by atoms with van der Waals surface area (Å²) in [5.41, 5.74) is 1.29. The van der Waals surface area contributed by atoms with E-state index in [9.17, 15) is 4.79 Å². The van der Waals surface area contributed by atoms with Crippen molar-refractivity contribution in [1.82, 2.24) is 24.6 Å². The Morgan fingerprint density at radius 2 is 2.03 bits per heavy atom. The zero-order valence-electron chi connectivity index (χ0n) is 18.0. The Bertz CT molecular complexity index is 837. The SMILES string of the molecule is Cn1cnnc1CN1CCCC(=O)N2CCCCC2CCc2cccc(c2)OCC1. The van der Waals surface area contributed by atoms with E-state index >= 15 is 0 Å². The van der Waals surface area contributed by atoms with E-state index in [0.717, 1.165) is 63.3 Å². The maximum atomic E-state index is 13.0. The number of benzene rings is 1. The van der Waals surface area contributed by atoms with Crippen LogP contribution in [0, 0.1) is 0 Å². The molecule has 1 amide bonds. The number of ether oxygens (including phenoxy) is 1. The van der Waals surface area contributed by atoms with Crippen LogP contribution in [0.5, 0.6) is 5.75 Å². The number of piperidine rings is 1. The Balaban J connectivity index is 1.49. The van der Waals surface area contributed by atoms with Gasteiger partial charge in [0.15, 0.2) is 0 Å². The first-order valence-corrected chi connectivity index (χ1v) is 11.3. The van der Waals surface area contributed by atoms with Crippen LogP contribution in [0.3, 0.4) is 0 Å². The molecular formula is C23H33N5O2. The van der Waals surface area contributed by atoms with Gasteiger partial charge in [0.05, 0.1) is 6.54 Å². The molecule has 1 fully saturated rings. The van der Waals surface area contributed by atoms with Crippen LogP contribution in [-0.2, 0) is 24.8 Å². The minimum Gasteiger partial charge on any atom is -0.492 e. The summed E-state index contributed by atoms with van der Waals surface area (Å²) < 4.78 is 8.02. The van der Waals surface area contributed by atoms with Crippen LogP contribution in [0.2, 0.25) is 0 Å². The van der Waals surface area contributed by atoms with E-state index in [2.05, 4.69) is 38.2 Å². The standard InChI is InChI=1S/C23H33N5O2/c1-26-18-24-25-22(26)17-27-12-5-9-23(29)28-13-3-2-7-20(28)11-10-19-6-4-8-21(16-19)30-15-14-27/h4,6,8,16,18,20H,2-3,5,7,9-15,17H2,1H3. The second kappa shape index (κ2) is 10.1. The largest absolute Gasteiger partial charge is 0.492 e. The van der Waals surface area contributed by atoms with E-state index in [1.807, 2.05) is 17.7 Å². The first-order chi connectivity index (χ1) is 14.7. The molecule has 0 N–H and O–H groups in total. The number of rotatable bonds is 2. The summed E-state index contributed by atoms with van der Waals surface area (Å²) in [6, 6.07) is 8.80. The number of hydrogen-bond donors (Lipinski definition) is 0. The molecule has 2 aromatic rings. The second-order valence-corrected chi connectivity index (χ2v) is 8.51. The number of carbonyl (C=O) groups is 1. The third kappa shape index (κ3) is 5.39. The summed E-state index contributed by atoms with van der Waals surface area (Å²) in [6.45, 7) is 3.87. The van der Waals surface area contributed by atoms with Crippen molar-refractivity contribution < 1.29 is 9.53 Å². The fourth-order valence-corrected chi connectivity index (χ4v) is 4.56. The molecule has 3 heterocycles. The first kappa shape index (κ1) is 20.8. The minimum absolute atomic E-state index is 0.318. The highest BCUT2D eigenvalue weighted by Gasteiger charge is 2.26. The predicted molar refractivity (Wildman–Crippen MR) is 115 cm³/mol. The fraction of sp³-hybridized carbons (Fsp3) is 0.609. The Morgan fingerprint density at radius 1 is 1.10 bits per heavy atom. The number of aromatic nitrogens is 3. The molecule has 0 aliphatic carbocycles. The van der Waals surface area contributed by atoms with E-state index in [-0.39, 0.29) is 0 Å². The lowest BCUT2D eigenvalue weighted by molar-refractivity contribution is -0.135. The molecule has 0 spiro atoms. The van der Waals surface area contributed by atoms with Crippen LogP contribution in [-0.4, -0.2) is 62.8 Å². The zero-order valence-corrected chi connectivity index (χ0v) is 18.0. The van der Waals surface area contributed by atoms with Gasteiger partial charge in [-0.25, -0.2) is 0 Å². The van der Waals surface area contributed by atoms with Gasteiger partial charge < -0.3 is 14.2 Å². The number of amides is 1. The van der Waals surface area contributed by atoms with Crippen molar-refractivity contribution >= 4 is 5.91 Å². The molecule has 2 aliphatic heterocycles. The normalized spacial score (nSPS) is 22.0. The highest BCUT2D eigenvalue weighted by Crippen LogP contribution is 2.24. The molecule has 7 heteroatoms. The number of fused-ring (bicyclic) bond motifs is 3. The number of nitrogens with zero attached hydrogens (tertiary/aromatic N) is 5. The van der Waals surface area contributed by atoms with Crippen LogP contribution >= 0.6 is 0 Å². The highest BCUT2D eigenvalue weighted by atomic mass is 16.5. The summed E-state index contributed by atoms with van der Waals surface area (Å²) in [7, 11) is 1.96. The van der Waals surface area contributed by atoms with Crippen molar-refractivity contribution in [2.24, 2.45) is 7.05 Å². The van der Waals surface area contributed by atoms with Gasteiger partial charge in [-0.15, -0.1) is 10.2 Å². The third-order valence-electron chi connectivity index (χ3n) is 6.32. The molecule has 7 nitrogen and oxygen atoms in total. The average molecular weight is 412 g/mol. The molecule has 1 aromatic carbocycles. The molecule has 2 aliphatic rings. The molecule has 2 bridgehead atoms. The Morgan fingerprint density at radius 3 is 2.90 bits per heavy atom. The minimum atomic E-state index is 0.318. The van der Waals surface area contributed by atoms with E-state index in [0.29, 0.717) is 31.5 Å². The van der Waals surface area contributed by atoms with Crippen molar-refractivity contribution in [2.75, 3.05) is 26.2 Å². The molecule has 1 atom stereocenters. The molecule has 162 valence electrons. The molecule has 30 heavy (non-hydrogen) atoms. The third-order valence-corrected chi connectivity index (χ3v) is 6.32. The van der Waals surface area contributed by atoms with Gasteiger partial charge in [0.2, 0.25) is 5.91 Å². The topological polar surface area (TPSA) is 63.5 Å². The smallest absolute Gasteiger partial charge is 0.222 e. The van der Waals surface area contributed by atoms with E-state index < -0.39 is 0 Å². The highest BCUT2D eigenvalue weighted by molar-refractivity contribution is 5.76. The van der Waals surface area contributed by atoms with Gasteiger partial charge in [0, 0.05) is 32.6 Å². The van der Waals surface area contributed by atoms with Crippen molar-refractivity contribution in [3.05, 3.63) is 42.0 Å². The van der Waals surface area contributed by atoms with Crippen LogP contribution in [0.4, 0.5) is 0 Å². The molecule has 1 aromatic heterocycles. The average Bonchev–Trinajstić information content (AvgIpc) is 3.16. The molecule has 1 unspecified atom stereocenters. The first-order valence-electron chi connectivity index (χ1n) is 11.3. The van der Waals surface area contributed by atoms with Crippen LogP contribution < -0.4 is 4.74 Å². The predicted octanol–water partition coefficient (Wildman–Crippen LogP) is 2.80. The quantitative estimate of drug-likeness (QED) is 0.760. The molecule has 1 saturated heterocycles. The van der Waals surface area contributed by atoms with Crippen molar-refractivity contribution in [1.29, 1.82) is 0 Å². The van der Waals surface area contributed by atoms with Gasteiger partial charge in [-0.05, 0) is 62.8 Å². The van der Waals surface area contributed by atoms with Crippen LogP contribution in [0.25, 0.3) is 0 Å². The molecular weight excluding hydrogens is 378 g/mol. The number of hydrogen-bond acceptors (Lipinski definition) is 5. The van der Waals surface area contributed by atoms with Crippen LogP contribution in [0.15, 0.2) is 30.6 Å². The summed E-state index contributed by atoms with van der Waals surface area (Å²) >= 11 is 0. The van der Waals surface area contributed by atoms with Crippen molar-refractivity contribution in [3.63, 3.8) is 0 Å². The summed E-state index contributed by atoms with van der Waals surface area (Å²) in [6.07, 6.45) is 8.70.